The molecule has 0 saturated heterocycles. The van der Waals surface area contributed by atoms with E-state index >= 15 is 0 Å². The van der Waals surface area contributed by atoms with Crippen molar-refractivity contribution in [3.63, 3.8) is 0 Å². The Morgan fingerprint density at radius 1 is 0.494 bits per heavy atom. The van der Waals surface area contributed by atoms with Gasteiger partial charge in [0.05, 0.1) is 73.6 Å². The van der Waals surface area contributed by atoms with Crippen molar-refractivity contribution < 1.29 is 81.0 Å². The van der Waals surface area contributed by atoms with Gasteiger partial charge in [-0.25, -0.2) is 14.4 Å². The van der Waals surface area contributed by atoms with Gasteiger partial charge in [0.25, 0.3) is 23.6 Å². The first-order chi connectivity index (χ1) is 37.6. The zero-order chi connectivity index (χ0) is 57.6. The highest BCUT2D eigenvalue weighted by atomic mass is 35.5. The van der Waals surface area contributed by atoms with E-state index in [-0.39, 0.29) is 130 Å². The molecule has 0 radical (unpaired) electrons. The molecule has 2 aliphatic rings. The molecule has 7 rings (SSSR count). The Bertz CT molecular complexity index is 3150. The first-order valence-corrected chi connectivity index (χ1v) is 26.6. The number of ether oxygens (including phenoxy) is 8. The highest BCUT2D eigenvalue weighted by Crippen LogP contribution is 2.54. The van der Waals surface area contributed by atoms with Gasteiger partial charge in [0, 0.05) is 82.4 Å². The molecular formula is C56H56Cl4N2O17. The van der Waals surface area contributed by atoms with Gasteiger partial charge in [-0.15, -0.1) is 0 Å². The Morgan fingerprint density at radius 2 is 0.861 bits per heavy atom. The molecule has 79 heavy (non-hydrogen) atoms. The fourth-order valence-electron chi connectivity index (χ4n) is 9.79. The third-order valence-corrected chi connectivity index (χ3v) is 14.2. The third-order valence-electron chi connectivity index (χ3n) is 13.0. The maximum atomic E-state index is 14.9. The molecule has 0 spiro atoms. The standard InChI is InChI=1S/C56H56Cl4N2O17/c1-8-40(63)77-24-31(25-78-41(64)9-2)79-43(66)11-10-42(65)75-22-29(16-27(3)4)61-53(68)32-18-36(57)47-49-38(59)20-34-46-35(21-39(60)50(52(46)49)48-37(58)19-33(54(61)69)45(32)51(47)48)56(71)62(55(34)70)30(17-28(5)6)23-76-44(67)26-74-15-14-73-13-12-72-7/h8-9,18-21,27-31H,1-2,10-17,22-26H2,3-7H3. The number of carbonyl (C=O) groups is 9. The Hall–Kier alpha value is -6.45. The van der Waals surface area contributed by atoms with Gasteiger partial charge in [-0.1, -0.05) is 87.3 Å². The smallest absolute Gasteiger partial charge is 0.332 e. The first kappa shape index (κ1) is 60.2. The van der Waals surface area contributed by atoms with Crippen molar-refractivity contribution in [3.05, 3.63) is 91.9 Å². The summed E-state index contributed by atoms with van der Waals surface area (Å²) in [6, 6.07) is 3.68. The molecule has 420 valence electrons. The molecule has 0 aromatic heterocycles. The van der Waals surface area contributed by atoms with Crippen LogP contribution in [0, 0.1) is 11.8 Å². The highest BCUT2D eigenvalue weighted by Gasteiger charge is 2.43. The minimum Gasteiger partial charge on any atom is -0.463 e. The van der Waals surface area contributed by atoms with Crippen molar-refractivity contribution in [1.29, 1.82) is 0 Å². The lowest BCUT2D eigenvalue weighted by Crippen LogP contribution is -2.50. The van der Waals surface area contributed by atoms with E-state index in [1.54, 1.807) is 7.11 Å². The van der Waals surface area contributed by atoms with Gasteiger partial charge < -0.3 is 37.9 Å². The van der Waals surface area contributed by atoms with E-state index < -0.39 is 111 Å². The summed E-state index contributed by atoms with van der Waals surface area (Å²) in [4.78, 5) is 123. The number of halogens is 4. The largest absolute Gasteiger partial charge is 0.463 e. The second kappa shape index (κ2) is 26.2. The van der Waals surface area contributed by atoms with Crippen molar-refractivity contribution in [2.24, 2.45) is 11.8 Å². The summed E-state index contributed by atoms with van der Waals surface area (Å²) in [5.74, 6) is -7.33. The van der Waals surface area contributed by atoms with E-state index in [0.29, 0.717) is 13.2 Å². The molecule has 23 heteroatoms. The summed E-state index contributed by atoms with van der Waals surface area (Å²) in [7, 11) is 1.55. The predicted octanol–water partition coefficient (Wildman–Crippen LogP) is 9.29. The number of carbonyl (C=O) groups excluding carboxylic acids is 9. The number of benzene rings is 5. The minimum absolute atomic E-state index is 0.000751. The van der Waals surface area contributed by atoms with E-state index in [4.69, 9.17) is 84.3 Å². The van der Waals surface area contributed by atoms with Gasteiger partial charge in [-0.2, -0.15) is 0 Å². The zero-order valence-electron chi connectivity index (χ0n) is 43.8. The van der Waals surface area contributed by atoms with Crippen molar-refractivity contribution >= 4 is 143 Å². The van der Waals surface area contributed by atoms with E-state index in [9.17, 15) is 43.2 Å². The van der Waals surface area contributed by atoms with Gasteiger partial charge in [0.2, 0.25) is 0 Å². The average Bonchev–Trinajstić information content (AvgIpc) is 3.10. The van der Waals surface area contributed by atoms with Gasteiger partial charge in [0.15, 0.2) is 6.10 Å². The number of esters is 5. The fraction of sp³-hybridized carbons (Fsp3) is 0.411. The topological polar surface area (TPSA) is 234 Å². The fourth-order valence-corrected chi connectivity index (χ4v) is 11.0. The van der Waals surface area contributed by atoms with Crippen LogP contribution in [0.2, 0.25) is 20.1 Å². The number of nitrogens with zero attached hydrogens (tertiary/aromatic N) is 2. The Labute approximate surface area is 473 Å². The van der Waals surface area contributed by atoms with Crippen molar-refractivity contribution in [2.75, 3.05) is 66.6 Å². The SMILES string of the molecule is C=CC(=O)OCC(COC(=O)C=C)OC(=O)CCC(=O)OCC(CC(C)C)N1C(=O)c2cc(Cl)c3c4c(Cl)cc5c6c(cc(Cl)c(c7c(Cl)cc(c2c37)C1=O)c64)C(=O)N(C(COC(=O)COCCOCCOC)CC(C)C)C5=O. The van der Waals surface area contributed by atoms with E-state index in [0.717, 1.165) is 22.0 Å². The molecule has 2 heterocycles. The van der Waals surface area contributed by atoms with E-state index in [2.05, 4.69) is 13.2 Å². The van der Waals surface area contributed by atoms with Crippen LogP contribution in [0.25, 0.3) is 43.1 Å². The van der Waals surface area contributed by atoms with Crippen LogP contribution in [0.15, 0.2) is 49.6 Å². The zero-order valence-corrected chi connectivity index (χ0v) is 46.8. The molecule has 2 unspecified atom stereocenters. The summed E-state index contributed by atoms with van der Waals surface area (Å²) in [6.07, 6.45) is -0.0250. The summed E-state index contributed by atoms with van der Waals surface area (Å²) < 4.78 is 42.0. The average molecular weight is 1170 g/mol. The molecule has 0 bridgehead atoms. The number of methoxy groups -OCH3 is 1. The lowest BCUT2D eigenvalue weighted by Gasteiger charge is -2.36. The van der Waals surface area contributed by atoms with Gasteiger partial charge in [-0.05, 0) is 48.9 Å². The number of fused-ring (bicyclic) bond motifs is 2. The third kappa shape index (κ3) is 12.9. The maximum Gasteiger partial charge on any atom is 0.332 e. The molecule has 0 aliphatic carbocycles. The monoisotopic (exact) mass is 1170 g/mol. The van der Waals surface area contributed by atoms with Crippen LogP contribution in [-0.2, 0) is 61.9 Å². The maximum absolute atomic E-state index is 14.9. The van der Waals surface area contributed by atoms with Gasteiger partial charge in [0.1, 0.15) is 33.0 Å². The summed E-state index contributed by atoms with van der Waals surface area (Å²) in [6.45, 7) is 13.0. The Kier molecular flexibility index (Phi) is 20.0. The molecule has 2 aliphatic heterocycles. The van der Waals surface area contributed by atoms with Crippen LogP contribution in [0.5, 0.6) is 0 Å². The Balaban J connectivity index is 1.18. The Morgan fingerprint density at radius 3 is 1.24 bits per heavy atom. The molecule has 2 atom stereocenters. The van der Waals surface area contributed by atoms with Gasteiger partial charge in [-0.3, -0.25) is 38.6 Å². The number of imide groups is 2. The summed E-state index contributed by atoms with van der Waals surface area (Å²) in [5, 5.41) is 2.02. The normalized spacial score (nSPS) is 14.1. The van der Waals surface area contributed by atoms with Crippen LogP contribution < -0.4 is 0 Å². The second-order valence-corrected chi connectivity index (χ2v) is 21.1. The first-order valence-electron chi connectivity index (χ1n) is 25.1. The summed E-state index contributed by atoms with van der Waals surface area (Å²) >= 11 is 29.0. The highest BCUT2D eigenvalue weighted by molar-refractivity contribution is 6.56. The number of amides is 4. The summed E-state index contributed by atoms with van der Waals surface area (Å²) in [5.41, 5.74) is 0.106. The number of rotatable bonds is 28. The minimum atomic E-state index is -1.23. The molecule has 19 nitrogen and oxygen atoms in total. The van der Waals surface area contributed by atoms with Crippen molar-refractivity contribution in [3.8, 4) is 0 Å². The van der Waals surface area contributed by atoms with Crippen LogP contribution in [0.1, 0.15) is 94.8 Å². The van der Waals surface area contributed by atoms with Crippen LogP contribution in [-0.4, -0.2) is 148 Å². The van der Waals surface area contributed by atoms with Crippen molar-refractivity contribution in [1.82, 2.24) is 9.80 Å². The van der Waals surface area contributed by atoms with Crippen LogP contribution in [0.4, 0.5) is 0 Å². The molecule has 0 saturated carbocycles. The quantitative estimate of drug-likeness (QED) is 0.00863. The number of hydrogen-bond acceptors (Lipinski definition) is 17. The molecule has 4 amide bonds. The second-order valence-electron chi connectivity index (χ2n) is 19.5. The lowest BCUT2D eigenvalue weighted by molar-refractivity contribution is -0.165. The molecule has 0 fully saturated rings. The molecule has 0 N–H and O–H groups in total. The van der Waals surface area contributed by atoms with Gasteiger partial charge >= 0.3 is 29.8 Å². The molecule has 5 aromatic carbocycles. The predicted molar refractivity (Wildman–Crippen MR) is 292 cm³/mol. The van der Waals surface area contributed by atoms with Crippen LogP contribution >= 0.6 is 46.4 Å². The number of hydrogen-bond donors (Lipinski definition) is 0. The van der Waals surface area contributed by atoms with Crippen molar-refractivity contribution in [2.45, 2.75) is 71.6 Å². The lowest BCUT2D eigenvalue weighted by atomic mass is 9.81. The van der Waals surface area contributed by atoms with E-state index in [1.807, 2.05) is 27.7 Å². The van der Waals surface area contributed by atoms with Crippen LogP contribution in [0.3, 0.4) is 0 Å². The molecule has 5 aromatic rings. The molecular weight excluding hydrogens is 1110 g/mol. The van der Waals surface area contributed by atoms with E-state index in [1.165, 1.54) is 24.3 Å².